The molecule has 0 spiro atoms. The van der Waals surface area contributed by atoms with Gasteiger partial charge >= 0.3 is 0 Å². The van der Waals surface area contributed by atoms with Crippen molar-refractivity contribution >= 4 is 5.91 Å². The van der Waals surface area contributed by atoms with Crippen molar-refractivity contribution < 1.29 is 9.53 Å². The Balaban J connectivity index is 1.32. The average Bonchev–Trinajstić information content (AvgIpc) is 3.09. The fourth-order valence-corrected chi connectivity index (χ4v) is 4.61. The minimum Gasteiger partial charge on any atom is -0.381 e. The second kappa shape index (κ2) is 9.03. The summed E-state index contributed by atoms with van der Waals surface area (Å²) < 4.78 is 5.33. The molecule has 2 saturated heterocycles. The molecule has 0 aromatic heterocycles. The van der Waals surface area contributed by atoms with Gasteiger partial charge in [0.15, 0.2) is 0 Å². The van der Waals surface area contributed by atoms with E-state index in [0.717, 1.165) is 50.9 Å². The molecule has 4 heteroatoms. The Labute approximate surface area is 141 Å². The topological polar surface area (TPSA) is 41.6 Å². The van der Waals surface area contributed by atoms with Gasteiger partial charge in [-0.05, 0) is 63.3 Å². The van der Waals surface area contributed by atoms with Gasteiger partial charge in [0.05, 0.1) is 0 Å². The number of hydrogen-bond acceptors (Lipinski definition) is 3. The van der Waals surface area contributed by atoms with Gasteiger partial charge in [0, 0.05) is 38.8 Å². The maximum atomic E-state index is 12.2. The molecule has 0 radical (unpaired) electrons. The maximum Gasteiger partial charge on any atom is 0.223 e. The van der Waals surface area contributed by atoms with Gasteiger partial charge in [-0.1, -0.05) is 12.8 Å². The van der Waals surface area contributed by atoms with Gasteiger partial charge in [-0.15, -0.1) is 0 Å². The second-order valence-electron chi connectivity index (χ2n) is 7.88. The minimum atomic E-state index is 0.189. The first-order valence-electron chi connectivity index (χ1n) is 9.89. The lowest BCUT2D eigenvalue weighted by Crippen LogP contribution is -2.40. The minimum absolute atomic E-state index is 0.189. The van der Waals surface area contributed by atoms with Crippen LogP contribution in [-0.2, 0) is 9.53 Å². The van der Waals surface area contributed by atoms with Crippen molar-refractivity contribution in [3.8, 4) is 0 Å². The van der Waals surface area contributed by atoms with E-state index in [2.05, 4.69) is 10.2 Å². The summed E-state index contributed by atoms with van der Waals surface area (Å²) in [6, 6.07) is 0. The van der Waals surface area contributed by atoms with E-state index >= 15 is 0 Å². The van der Waals surface area contributed by atoms with Crippen molar-refractivity contribution in [3.63, 3.8) is 0 Å². The molecule has 23 heavy (non-hydrogen) atoms. The van der Waals surface area contributed by atoms with Crippen molar-refractivity contribution in [3.05, 3.63) is 0 Å². The van der Waals surface area contributed by atoms with E-state index in [9.17, 15) is 4.79 Å². The number of piperidine rings is 1. The average molecular weight is 322 g/mol. The zero-order chi connectivity index (χ0) is 15.9. The molecule has 3 rings (SSSR count). The van der Waals surface area contributed by atoms with Crippen LogP contribution in [0.15, 0.2) is 0 Å². The van der Waals surface area contributed by atoms with E-state index in [4.69, 9.17) is 4.74 Å². The molecule has 132 valence electrons. The molecule has 1 unspecified atom stereocenters. The lowest BCUT2D eigenvalue weighted by atomic mass is 9.93. The molecule has 3 aliphatic rings. The van der Waals surface area contributed by atoms with Crippen LogP contribution in [0.2, 0.25) is 0 Å². The van der Waals surface area contributed by atoms with Crippen LogP contribution in [0.1, 0.15) is 57.8 Å². The van der Waals surface area contributed by atoms with Crippen LogP contribution in [0.5, 0.6) is 0 Å². The van der Waals surface area contributed by atoms with Crippen LogP contribution >= 0.6 is 0 Å². The number of hydrogen-bond donors (Lipinski definition) is 1. The van der Waals surface area contributed by atoms with Gasteiger partial charge in [0.25, 0.3) is 0 Å². The first-order chi connectivity index (χ1) is 11.3. The van der Waals surface area contributed by atoms with Crippen molar-refractivity contribution in [1.82, 2.24) is 10.2 Å². The highest BCUT2D eigenvalue weighted by atomic mass is 16.5. The van der Waals surface area contributed by atoms with Gasteiger partial charge < -0.3 is 15.0 Å². The fourth-order valence-electron chi connectivity index (χ4n) is 4.61. The SMILES string of the molecule is O=C(NCCC1CCCN(CC2CCCC2)C1)C1CCOCC1. The van der Waals surface area contributed by atoms with E-state index in [-0.39, 0.29) is 11.8 Å². The Kier molecular flexibility index (Phi) is 6.76. The highest BCUT2D eigenvalue weighted by Crippen LogP contribution is 2.28. The maximum absolute atomic E-state index is 12.2. The predicted octanol–water partition coefficient (Wildman–Crippen LogP) is 2.82. The van der Waals surface area contributed by atoms with E-state index in [1.54, 1.807) is 0 Å². The number of amides is 1. The summed E-state index contributed by atoms with van der Waals surface area (Å²) in [6.45, 7) is 6.22. The van der Waals surface area contributed by atoms with E-state index < -0.39 is 0 Å². The summed E-state index contributed by atoms with van der Waals surface area (Å²) in [5.74, 6) is 2.18. The second-order valence-corrected chi connectivity index (χ2v) is 7.88. The Bertz CT molecular complexity index is 362. The zero-order valence-electron chi connectivity index (χ0n) is 14.6. The normalized spacial score (nSPS) is 28.1. The summed E-state index contributed by atoms with van der Waals surface area (Å²) in [5, 5.41) is 3.17. The molecule has 1 atom stereocenters. The van der Waals surface area contributed by atoms with Gasteiger partial charge in [-0.3, -0.25) is 4.79 Å². The van der Waals surface area contributed by atoms with Crippen LogP contribution in [0.3, 0.4) is 0 Å². The third kappa shape index (κ3) is 5.46. The number of rotatable bonds is 6. The number of likely N-dealkylation sites (tertiary alicyclic amines) is 1. The van der Waals surface area contributed by atoms with E-state index in [1.165, 1.54) is 58.2 Å². The number of ether oxygens (including phenoxy) is 1. The predicted molar refractivity (Wildman–Crippen MR) is 92.3 cm³/mol. The Morgan fingerprint density at radius 1 is 1.00 bits per heavy atom. The molecular weight excluding hydrogens is 288 g/mol. The lowest BCUT2D eigenvalue weighted by molar-refractivity contribution is -0.127. The molecule has 0 aromatic rings. The molecule has 4 nitrogen and oxygen atoms in total. The lowest BCUT2D eigenvalue weighted by Gasteiger charge is -2.34. The first kappa shape index (κ1) is 17.2. The van der Waals surface area contributed by atoms with E-state index in [1.807, 2.05) is 0 Å². The van der Waals surface area contributed by atoms with Crippen LogP contribution in [0.25, 0.3) is 0 Å². The van der Waals surface area contributed by atoms with Crippen LogP contribution in [0, 0.1) is 17.8 Å². The summed E-state index contributed by atoms with van der Waals surface area (Å²) in [6.07, 6.45) is 11.4. The van der Waals surface area contributed by atoms with Gasteiger partial charge in [0.2, 0.25) is 5.91 Å². The van der Waals surface area contributed by atoms with Crippen molar-refractivity contribution in [2.24, 2.45) is 17.8 Å². The van der Waals surface area contributed by atoms with Crippen LogP contribution < -0.4 is 5.32 Å². The van der Waals surface area contributed by atoms with Crippen molar-refractivity contribution in [1.29, 1.82) is 0 Å². The Hall–Kier alpha value is -0.610. The van der Waals surface area contributed by atoms with Gasteiger partial charge in [0.1, 0.15) is 0 Å². The summed E-state index contributed by atoms with van der Waals surface area (Å²) in [7, 11) is 0. The number of nitrogens with zero attached hydrogens (tertiary/aromatic N) is 1. The van der Waals surface area contributed by atoms with E-state index in [0.29, 0.717) is 0 Å². The zero-order valence-corrected chi connectivity index (χ0v) is 14.6. The number of nitrogens with one attached hydrogen (secondary N) is 1. The van der Waals surface area contributed by atoms with Crippen LogP contribution in [0.4, 0.5) is 0 Å². The molecule has 1 amide bonds. The molecule has 0 bridgehead atoms. The quantitative estimate of drug-likeness (QED) is 0.817. The highest BCUT2D eigenvalue weighted by molar-refractivity contribution is 5.78. The van der Waals surface area contributed by atoms with Gasteiger partial charge in [-0.25, -0.2) is 0 Å². The molecule has 3 fully saturated rings. The smallest absolute Gasteiger partial charge is 0.223 e. The molecule has 2 aliphatic heterocycles. The first-order valence-corrected chi connectivity index (χ1v) is 9.89. The largest absolute Gasteiger partial charge is 0.381 e. The monoisotopic (exact) mass is 322 g/mol. The highest BCUT2D eigenvalue weighted by Gasteiger charge is 2.25. The van der Waals surface area contributed by atoms with Crippen LogP contribution in [-0.4, -0.2) is 50.2 Å². The molecule has 1 aliphatic carbocycles. The molecule has 1 N–H and O–H groups in total. The third-order valence-electron chi connectivity index (χ3n) is 6.04. The van der Waals surface area contributed by atoms with Crippen molar-refractivity contribution in [2.75, 3.05) is 39.4 Å². The summed E-state index contributed by atoms with van der Waals surface area (Å²) >= 11 is 0. The molecule has 0 aromatic carbocycles. The van der Waals surface area contributed by atoms with Gasteiger partial charge in [-0.2, -0.15) is 0 Å². The standard InChI is InChI=1S/C19H34N2O2/c22-19(18-8-12-23-13-9-18)20-10-7-17-6-3-11-21(15-17)14-16-4-1-2-5-16/h16-18H,1-15H2,(H,20,22). The van der Waals surface area contributed by atoms with Crippen molar-refractivity contribution in [2.45, 2.75) is 57.8 Å². The third-order valence-corrected chi connectivity index (χ3v) is 6.04. The molecular formula is C19H34N2O2. The summed E-state index contributed by atoms with van der Waals surface area (Å²) in [5.41, 5.74) is 0. The fraction of sp³-hybridized carbons (Fsp3) is 0.947. The molecule has 2 heterocycles. The number of carbonyl (C=O) groups is 1. The summed E-state index contributed by atoms with van der Waals surface area (Å²) in [4.78, 5) is 14.9. The Morgan fingerprint density at radius 2 is 1.74 bits per heavy atom. The number of carbonyl (C=O) groups excluding carboxylic acids is 1. The Morgan fingerprint density at radius 3 is 2.52 bits per heavy atom. The molecule has 1 saturated carbocycles.